The first-order chi connectivity index (χ1) is 11.5. The second kappa shape index (κ2) is 7.18. The summed E-state index contributed by atoms with van der Waals surface area (Å²) in [5.74, 6) is 0.0694. The van der Waals surface area contributed by atoms with E-state index in [2.05, 4.69) is 16.5 Å². The minimum absolute atomic E-state index is 0.0184. The van der Waals surface area contributed by atoms with Crippen LogP contribution in [-0.2, 0) is 9.53 Å². The number of nitrogens with one attached hydrogen (secondary N) is 1. The van der Waals surface area contributed by atoms with E-state index in [1.807, 2.05) is 49.7 Å². The SMILES string of the molecule is Cc1cc(C)n(-c2ccc(C(C)NC(=O)C3CCCOC3)cc2)n1. The molecule has 0 bridgehead atoms. The van der Waals surface area contributed by atoms with E-state index in [0.717, 1.165) is 42.1 Å². The van der Waals surface area contributed by atoms with Crippen LogP contribution in [0.2, 0.25) is 0 Å². The van der Waals surface area contributed by atoms with E-state index in [1.54, 1.807) is 0 Å². The van der Waals surface area contributed by atoms with E-state index < -0.39 is 0 Å². The van der Waals surface area contributed by atoms with Gasteiger partial charge in [-0.05, 0) is 57.4 Å². The Morgan fingerprint density at radius 1 is 1.33 bits per heavy atom. The number of nitrogens with zero attached hydrogens (tertiary/aromatic N) is 2. The maximum absolute atomic E-state index is 12.3. The van der Waals surface area contributed by atoms with Gasteiger partial charge in [-0.15, -0.1) is 0 Å². The molecule has 1 N–H and O–H groups in total. The number of rotatable bonds is 4. The number of aromatic nitrogens is 2. The van der Waals surface area contributed by atoms with Gasteiger partial charge in [-0.3, -0.25) is 4.79 Å². The molecule has 0 saturated carbocycles. The highest BCUT2D eigenvalue weighted by Crippen LogP contribution is 2.19. The van der Waals surface area contributed by atoms with Crippen LogP contribution in [0.5, 0.6) is 0 Å². The van der Waals surface area contributed by atoms with Crippen molar-refractivity contribution in [3.05, 3.63) is 47.3 Å². The van der Waals surface area contributed by atoms with Gasteiger partial charge in [0.25, 0.3) is 0 Å². The Kier molecular flexibility index (Phi) is 5.00. The first kappa shape index (κ1) is 16.7. The van der Waals surface area contributed by atoms with Crippen LogP contribution >= 0.6 is 0 Å². The fraction of sp³-hybridized carbons (Fsp3) is 0.474. The molecule has 1 amide bonds. The molecule has 128 valence electrons. The zero-order valence-corrected chi connectivity index (χ0v) is 14.6. The molecule has 0 spiro atoms. The minimum atomic E-state index is -0.0195. The van der Waals surface area contributed by atoms with Crippen LogP contribution in [0.1, 0.15) is 42.8 Å². The normalized spacial score (nSPS) is 19.0. The highest BCUT2D eigenvalue weighted by molar-refractivity contribution is 5.79. The van der Waals surface area contributed by atoms with Gasteiger partial charge < -0.3 is 10.1 Å². The van der Waals surface area contributed by atoms with Gasteiger partial charge in [0, 0.05) is 12.3 Å². The molecular weight excluding hydrogens is 302 g/mol. The van der Waals surface area contributed by atoms with E-state index in [4.69, 9.17) is 4.74 Å². The average molecular weight is 327 g/mol. The Morgan fingerprint density at radius 2 is 2.08 bits per heavy atom. The Balaban J connectivity index is 1.66. The van der Waals surface area contributed by atoms with E-state index >= 15 is 0 Å². The van der Waals surface area contributed by atoms with Crippen molar-refractivity contribution in [2.45, 2.75) is 39.7 Å². The molecule has 1 saturated heterocycles. The summed E-state index contributed by atoms with van der Waals surface area (Å²) in [4.78, 5) is 12.3. The first-order valence-electron chi connectivity index (χ1n) is 8.56. The van der Waals surface area contributed by atoms with Crippen LogP contribution in [0.4, 0.5) is 0 Å². The number of hydrogen-bond donors (Lipinski definition) is 1. The van der Waals surface area contributed by atoms with Crippen molar-refractivity contribution >= 4 is 5.91 Å². The predicted molar refractivity (Wildman–Crippen MR) is 93.1 cm³/mol. The summed E-state index contributed by atoms with van der Waals surface area (Å²) >= 11 is 0. The largest absolute Gasteiger partial charge is 0.381 e. The summed E-state index contributed by atoms with van der Waals surface area (Å²) in [6.45, 7) is 7.36. The summed E-state index contributed by atoms with van der Waals surface area (Å²) in [6, 6.07) is 10.2. The van der Waals surface area contributed by atoms with E-state index in [-0.39, 0.29) is 17.9 Å². The Labute approximate surface area is 143 Å². The summed E-state index contributed by atoms with van der Waals surface area (Å²) in [6.07, 6.45) is 1.87. The van der Waals surface area contributed by atoms with Gasteiger partial charge in [-0.25, -0.2) is 4.68 Å². The van der Waals surface area contributed by atoms with E-state index in [0.29, 0.717) is 6.61 Å². The third-order valence-electron chi connectivity index (χ3n) is 4.54. The molecule has 2 heterocycles. The zero-order chi connectivity index (χ0) is 17.1. The Hall–Kier alpha value is -2.14. The quantitative estimate of drug-likeness (QED) is 0.939. The van der Waals surface area contributed by atoms with Crippen molar-refractivity contribution in [3.63, 3.8) is 0 Å². The van der Waals surface area contributed by atoms with Crippen LogP contribution < -0.4 is 5.32 Å². The number of aryl methyl sites for hydroxylation is 2. The second-order valence-electron chi connectivity index (χ2n) is 6.57. The first-order valence-corrected chi connectivity index (χ1v) is 8.56. The van der Waals surface area contributed by atoms with Crippen molar-refractivity contribution in [1.29, 1.82) is 0 Å². The minimum Gasteiger partial charge on any atom is -0.381 e. The fourth-order valence-corrected chi connectivity index (χ4v) is 3.16. The van der Waals surface area contributed by atoms with Gasteiger partial charge in [-0.1, -0.05) is 12.1 Å². The van der Waals surface area contributed by atoms with Crippen LogP contribution in [-0.4, -0.2) is 28.9 Å². The molecule has 1 aliphatic heterocycles. The Morgan fingerprint density at radius 3 is 2.67 bits per heavy atom. The van der Waals surface area contributed by atoms with E-state index in [1.165, 1.54) is 0 Å². The summed E-state index contributed by atoms with van der Waals surface area (Å²) in [7, 11) is 0. The van der Waals surface area contributed by atoms with Gasteiger partial charge in [0.05, 0.1) is 29.9 Å². The van der Waals surface area contributed by atoms with Crippen molar-refractivity contribution < 1.29 is 9.53 Å². The molecule has 2 atom stereocenters. The maximum Gasteiger partial charge on any atom is 0.225 e. The monoisotopic (exact) mass is 327 g/mol. The molecule has 0 aliphatic carbocycles. The molecule has 2 unspecified atom stereocenters. The van der Waals surface area contributed by atoms with Gasteiger partial charge in [0.2, 0.25) is 5.91 Å². The van der Waals surface area contributed by atoms with Crippen molar-refractivity contribution in [2.75, 3.05) is 13.2 Å². The molecule has 1 aromatic heterocycles. The van der Waals surface area contributed by atoms with Crippen LogP contribution in [0.3, 0.4) is 0 Å². The van der Waals surface area contributed by atoms with Crippen LogP contribution in [0, 0.1) is 19.8 Å². The third-order valence-corrected chi connectivity index (χ3v) is 4.54. The number of benzene rings is 1. The number of carbonyl (C=O) groups excluding carboxylic acids is 1. The van der Waals surface area contributed by atoms with Crippen molar-refractivity contribution in [3.8, 4) is 5.69 Å². The number of amides is 1. The van der Waals surface area contributed by atoms with Crippen LogP contribution in [0.15, 0.2) is 30.3 Å². The summed E-state index contributed by atoms with van der Waals surface area (Å²) in [5.41, 5.74) is 4.24. The lowest BCUT2D eigenvalue weighted by Gasteiger charge is -2.23. The standard InChI is InChI=1S/C19H25N3O2/c1-13-11-14(2)22(21-13)18-8-6-16(7-9-18)15(3)20-19(23)17-5-4-10-24-12-17/h6-9,11,15,17H,4-5,10,12H2,1-3H3,(H,20,23). The molecule has 2 aromatic rings. The van der Waals surface area contributed by atoms with Gasteiger partial charge in [0.15, 0.2) is 0 Å². The molecule has 1 aromatic carbocycles. The highest BCUT2D eigenvalue weighted by Gasteiger charge is 2.23. The number of hydrogen-bond acceptors (Lipinski definition) is 3. The topological polar surface area (TPSA) is 56.2 Å². The molecule has 0 radical (unpaired) electrons. The number of ether oxygens (including phenoxy) is 1. The lowest BCUT2D eigenvalue weighted by molar-refractivity contribution is -0.129. The van der Waals surface area contributed by atoms with Crippen molar-refractivity contribution in [1.82, 2.24) is 15.1 Å². The van der Waals surface area contributed by atoms with Gasteiger partial charge in [0.1, 0.15) is 0 Å². The average Bonchev–Trinajstić information content (AvgIpc) is 2.94. The summed E-state index contributed by atoms with van der Waals surface area (Å²) < 4.78 is 7.33. The molecular formula is C19H25N3O2. The second-order valence-corrected chi connectivity index (χ2v) is 6.57. The zero-order valence-electron chi connectivity index (χ0n) is 14.6. The lowest BCUT2D eigenvalue weighted by Crippen LogP contribution is -2.36. The van der Waals surface area contributed by atoms with Gasteiger partial charge >= 0.3 is 0 Å². The number of carbonyl (C=O) groups is 1. The molecule has 1 fully saturated rings. The van der Waals surface area contributed by atoms with Gasteiger partial charge in [-0.2, -0.15) is 5.10 Å². The molecule has 5 heteroatoms. The fourth-order valence-electron chi connectivity index (χ4n) is 3.16. The molecule has 3 rings (SSSR count). The molecule has 1 aliphatic rings. The Bertz CT molecular complexity index is 700. The predicted octanol–water partition coefficient (Wildman–Crippen LogP) is 3.09. The lowest BCUT2D eigenvalue weighted by atomic mass is 10.00. The third kappa shape index (κ3) is 3.67. The smallest absolute Gasteiger partial charge is 0.225 e. The highest BCUT2D eigenvalue weighted by atomic mass is 16.5. The van der Waals surface area contributed by atoms with E-state index in [9.17, 15) is 4.79 Å². The van der Waals surface area contributed by atoms with Crippen molar-refractivity contribution in [2.24, 2.45) is 5.92 Å². The maximum atomic E-state index is 12.3. The molecule has 24 heavy (non-hydrogen) atoms. The molecule has 5 nitrogen and oxygen atoms in total. The summed E-state index contributed by atoms with van der Waals surface area (Å²) in [5, 5.41) is 7.60. The van der Waals surface area contributed by atoms with Crippen LogP contribution in [0.25, 0.3) is 5.69 Å².